The van der Waals surface area contributed by atoms with E-state index in [0.29, 0.717) is 5.69 Å². The molecule has 0 atom stereocenters. The van der Waals surface area contributed by atoms with Gasteiger partial charge >= 0.3 is 5.69 Å². The summed E-state index contributed by atoms with van der Waals surface area (Å²) in [4.78, 5) is 36.3. The molecule has 0 spiro atoms. The third kappa shape index (κ3) is 2.33. The molecule has 0 unspecified atom stereocenters. The summed E-state index contributed by atoms with van der Waals surface area (Å²) in [6.45, 7) is 0. The molecular formula is C14H15N3O4. The number of aryl methyl sites for hydroxylation is 1. The highest BCUT2D eigenvalue weighted by Crippen LogP contribution is 2.27. The first-order valence-corrected chi connectivity index (χ1v) is 6.12. The van der Waals surface area contributed by atoms with E-state index in [1.807, 2.05) is 0 Å². The average molecular weight is 289 g/mol. The summed E-state index contributed by atoms with van der Waals surface area (Å²) in [5.41, 5.74) is 4.94. The van der Waals surface area contributed by atoms with Gasteiger partial charge in [-0.3, -0.25) is 14.2 Å². The monoisotopic (exact) mass is 289 g/mol. The highest BCUT2D eigenvalue weighted by Gasteiger charge is 2.21. The summed E-state index contributed by atoms with van der Waals surface area (Å²) in [6.07, 6.45) is 1.22. The quantitative estimate of drug-likeness (QED) is 0.629. The summed E-state index contributed by atoms with van der Waals surface area (Å²) in [5.74, 6) is -0.339. The number of carbonyl (C=O) groups excluding carboxylic acids is 1. The largest absolute Gasteiger partial charge is 0.494 e. The number of benzene rings is 1. The fourth-order valence-electron chi connectivity index (χ4n) is 2.07. The van der Waals surface area contributed by atoms with E-state index in [1.54, 1.807) is 12.1 Å². The molecule has 0 amide bonds. The van der Waals surface area contributed by atoms with Crippen LogP contribution in [0.2, 0.25) is 0 Å². The zero-order valence-corrected chi connectivity index (χ0v) is 11.9. The molecule has 0 bridgehead atoms. The number of carbonyl (C=O) groups is 1. The molecule has 0 aliphatic rings. The van der Waals surface area contributed by atoms with Crippen molar-refractivity contribution in [1.29, 1.82) is 0 Å². The SMILES string of the molecule is COc1c(N)cccc1C(=O)c1cn(C)c(=O)n(C)c1=O. The second-order valence-electron chi connectivity index (χ2n) is 4.56. The van der Waals surface area contributed by atoms with E-state index in [1.165, 1.54) is 38.0 Å². The minimum atomic E-state index is -0.660. The van der Waals surface area contributed by atoms with E-state index in [-0.39, 0.29) is 16.9 Å². The van der Waals surface area contributed by atoms with E-state index < -0.39 is 17.0 Å². The lowest BCUT2D eigenvalue weighted by atomic mass is 10.0. The first-order chi connectivity index (χ1) is 9.88. The number of methoxy groups -OCH3 is 1. The van der Waals surface area contributed by atoms with Crippen molar-refractivity contribution in [3.8, 4) is 5.75 Å². The van der Waals surface area contributed by atoms with E-state index in [4.69, 9.17) is 10.5 Å². The van der Waals surface area contributed by atoms with Gasteiger partial charge in [-0.1, -0.05) is 6.07 Å². The Morgan fingerprint density at radius 1 is 1.19 bits per heavy atom. The van der Waals surface area contributed by atoms with Crippen LogP contribution in [0.25, 0.3) is 0 Å². The van der Waals surface area contributed by atoms with Gasteiger partial charge in [0.1, 0.15) is 5.56 Å². The van der Waals surface area contributed by atoms with Crippen molar-refractivity contribution in [3.05, 3.63) is 56.4 Å². The van der Waals surface area contributed by atoms with Crippen LogP contribution in [0.5, 0.6) is 5.75 Å². The molecule has 2 aromatic rings. The molecule has 1 aromatic carbocycles. The Hall–Kier alpha value is -2.83. The fourth-order valence-corrected chi connectivity index (χ4v) is 2.07. The van der Waals surface area contributed by atoms with Crippen molar-refractivity contribution in [1.82, 2.24) is 9.13 Å². The lowest BCUT2D eigenvalue weighted by Gasteiger charge is -2.11. The van der Waals surface area contributed by atoms with Crippen LogP contribution in [0.4, 0.5) is 5.69 Å². The van der Waals surface area contributed by atoms with Gasteiger partial charge < -0.3 is 15.0 Å². The highest BCUT2D eigenvalue weighted by atomic mass is 16.5. The van der Waals surface area contributed by atoms with E-state index in [2.05, 4.69) is 0 Å². The number of hydrogen-bond acceptors (Lipinski definition) is 5. The molecule has 1 aromatic heterocycles. The summed E-state index contributed by atoms with van der Waals surface area (Å²) < 4.78 is 7.17. The number of anilines is 1. The smallest absolute Gasteiger partial charge is 0.330 e. The van der Waals surface area contributed by atoms with Gasteiger partial charge in [0.05, 0.1) is 18.4 Å². The van der Waals surface area contributed by atoms with Crippen LogP contribution in [-0.4, -0.2) is 22.0 Å². The Kier molecular flexibility index (Phi) is 3.66. The molecule has 2 rings (SSSR count). The van der Waals surface area contributed by atoms with E-state index in [0.717, 1.165) is 4.57 Å². The molecule has 7 nitrogen and oxygen atoms in total. The molecule has 21 heavy (non-hydrogen) atoms. The van der Waals surface area contributed by atoms with Crippen molar-refractivity contribution < 1.29 is 9.53 Å². The first kappa shape index (κ1) is 14.6. The highest BCUT2D eigenvalue weighted by molar-refractivity contribution is 6.11. The number of para-hydroxylation sites is 1. The lowest BCUT2D eigenvalue weighted by Crippen LogP contribution is -2.39. The number of nitrogens with two attached hydrogens (primary N) is 1. The van der Waals surface area contributed by atoms with Crippen LogP contribution < -0.4 is 21.7 Å². The molecule has 1 heterocycles. The second-order valence-corrected chi connectivity index (χ2v) is 4.56. The van der Waals surface area contributed by atoms with Crippen LogP contribution in [0.1, 0.15) is 15.9 Å². The van der Waals surface area contributed by atoms with Crippen molar-refractivity contribution in [2.24, 2.45) is 14.1 Å². The van der Waals surface area contributed by atoms with Gasteiger partial charge in [0.15, 0.2) is 5.75 Å². The molecule has 2 N–H and O–H groups in total. The minimum absolute atomic E-state index is 0.122. The number of ether oxygens (including phenoxy) is 1. The van der Waals surface area contributed by atoms with Crippen LogP contribution in [0.15, 0.2) is 34.0 Å². The van der Waals surface area contributed by atoms with Crippen LogP contribution in [0.3, 0.4) is 0 Å². The number of ketones is 1. The van der Waals surface area contributed by atoms with Crippen molar-refractivity contribution in [2.45, 2.75) is 0 Å². The maximum Gasteiger partial charge on any atom is 0.330 e. The zero-order valence-electron chi connectivity index (χ0n) is 11.9. The number of nitrogens with zero attached hydrogens (tertiary/aromatic N) is 2. The molecule has 0 aliphatic heterocycles. The lowest BCUT2D eigenvalue weighted by molar-refractivity contribution is 0.103. The van der Waals surface area contributed by atoms with Gasteiger partial charge in [-0.25, -0.2) is 4.79 Å². The van der Waals surface area contributed by atoms with Crippen molar-refractivity contribution >= 4 is 11.5 Å². The maximum atomic E-state index is 12.6. The van der Waals surface area contributed by atoms with Gasteiger partial charge in [0.2, 0.25) is 5.78 Å². The van der Waals surface area contributed by atoms with E-state index >= 15 is 0 Å². The maximum absolute atomic E-state index is 12.6. The average Bonchev–Trinajstić information content (AvgIpc) is 2.47. The van der Waals surface area contributed by atoms with Gasteiger partial charge in [0, 0.05) is 20.3 Å². The molecular weight excluding hydrogens is 274 g/mol. The summed E-state index contributed by atoms with van der Waals surface area (Å²) in [5, 5.41) is 0. The van der Waals surface area contributed by atoms with Gasteiger partial charge in [0.25, 0.3) is 5.56 Å². The van der Waals surface area contributed by atoms with E-state index in [9.17, 15) is 14.4 Å². The molecule has 110 valence electrons. The normalized spacial score (nSPS) is 10.4. The molecule has 0 fully saturated rings. The van der Waals surface area contributed by atoms with Gasteiger partial charge in [-0.05, 0) is 12.1 Å². The summed E-state index contributed by atoms with van der Waals surface area (Å²) in [6, 6.07) is 4.70. The van der Waals surface area contributed by atoms with Crippen LogP contribution in [-0.2, 0) is 14.1 Å². The Labute approximate surface area is 120 Å². The van der Waals surface area contributed by atoms with Crippen molar-refractivity contribution in [2.75, 3.05) is 12.8 Å². The fraction of sp³-hybridized carbons (Fsp3) is 0.214. The van der Waals surface area contributed by atoms with Gasteiger partial charge in [-0.2, -0.15) is 0 Å². The van der Waals surface area contributed by atoms with Crippen molar-refractivity contribution in [3.63, 3.8) is 0 Å². The number of nitrogen functional groups attached to an aromatic ring is 1. The first-order valence-electron chi connectivity index (χ1n) is 6.12. The predicted molar refractivity (Wildman–Crippen MR) is 77.8 cm³/mol. The standard InChI is InChI=1S/C14H15N3O4/c1-16-7-9(13(19)17(2)14(16)20)11(18)8-5-4-6-10(15)12(8)21-3/h4-7H,15H2,1-3H3. The third-order valence-corrected chi connectivity index (χ3v) is 3.19. The molecule has 0 radical (unpaired) electrons. The Morgan fingerprint density at radius 2 is 1.86 bits per heavy atom. The number of rotatable bonds is 3. The minimum Gasteiger partial charge on any atom is -0.494 e. The number of aromatic nitrogens is 2. The Morgan fingerprint density at radius 3 is 2.48 bits per heavy atom. The summed E-state index contributed by atoms with van der Waals surface area (Å²) in [7, 11) is 4.18. The third-order valence-electron chi connectivity index (χ3n) is 3.19. The molecule has 7 heteroatoms. The second kappa shape index (κ2) is 5.28. The van der Waals surface area contributed by atoms with Gasteiger partial charge in [-0.15, -0.1) is 0 Å². The predicted octanol–water partition coefficient (Wildman–Crippen LogP) is -0.0942. The topological polar surface area (TPSA) is 96.3 Å². The van der Waals surface area contributed by atoms with Crippen LogP contribution >= 0.6 is 0 Å². The Bertz CT molecular complexity index is 833. The molecule has 0 aliphatic carbocycles. The Balaban J connectivity index is 2.70. The molecule has 0 saturated carbocycles. The summed E-state index contributed by atoms with van der Waals surface area (Å²) >= 11 is 0. The zero-order chi connectivity index (χ0) is 15.7. The molecule has 0 saturated heterocycles. The number of hydrogen-bond donors (Lipinski definition) is 1. The van der Waals surface area contributed by atoms with Crippen LogP contribution in [0, 0.1) is 0 Å².